The third-order valence-electron chi connectivity index (χ3n) is 4.48. The summed E-state index contributed by atoms with van der Waals surface area (Å²) in [6.45, 7) is 0. The van der Waals surface area contributed by atoms with Gasteiger partial charge in [-0.05, 0) is 47.4 Å². The van der Waals surface area contributed by atoms with E-state index >= 15 is 0 Å². The molecule has 3 aliphatic rings. The average Bonchev–Trinajstić information content (AvgIpc) is 3.07. The highest BCUT2D eigenvalue weighted by Gasteiger charge is 2.46. The summed E-state index contributed by atoms with van der Waals surface area (Å²) >= 11 is 1.85. The van der Waals surface area contributed by atoms with E-state index < -0.39 is 0 Å². The van der Waals surface area contributed by atoms with Gasteiger partial charge in [-0.15, -0.1) is 11.8 Å². The van der Waals surface area contributed by atoms with Crippen LogP contribution in [0, 0.1) is 5.92 Å². The summed E-state index contributed by atoms with van der Waals surface area (Å²) in [6.07, 6.45) is 3.29. The third-order valence-corrected chi connectivity index (χ3v) is 5.90. The average molecular weight is 302 g/mol. The summed E-state index contributed by atoms with van der Waals surface area (Å²) in [5, 5.41) is 6.87. The van der Waals surface area contributed by atoms with E-state index in [0.717, 1.165) is 24.2 Å². The molecule has 3 unspecified atom stereocenters. The topological polar surface area (TPSA) is 50.4 Å². The Morgan fingerprint density at radius 2 is 2.24 bits per heavy atom. The number of benzene rings is 1. The molecule has 4 nitrogen and oxygen atoms in total. The minimum atomic E-state index is -0.138. The lowest BCUT2D eigenvalue weighted by Gasteiger charge is -2.35. The maximum absolute atomic E-state index is 12.5. The Kier molecular flexibility index (Phi) is 3.19. The Bertz CT molecular complexity index is 628. The van der Waals surface area contributed by atoms with E-state index in [-0.39, 0.29) is 23.4 Å². The van der Waals surface area contributed by atoms with E-state index in [9.17, 15) is 4.79 Å². The van der Waals surface area contributed by atoms with E-state index in [0.29, 0.717) is 0 Å². The molecule has 1 saturated heterocycles. The van der Waals surface area contributed by atoms with Crippen molar-refractivity contribution in [3.63, 3.8) is 0 Å². The van der Waals surface area contributed by atoms with Gasteiger partial charge in [0.25, 0.3) is 0 Å². The van der Waals surface area contributed by atoms with Gasteiger partial charge in [-0.25, -0.2) is 0 Å². The third kappa shape index (κ3) is 2.15. The molecule has 2 heterocycles. The standard InChI is InChI=1S/C16H18N2O2S/c1-20-10-5-2-4-9(8-10)14-17-15(19)13-11-6-3-7-12(11)21-16(13)18-14/h2,4-5,8,13-14,16,18H,3,6-7H2,1H3,(H,17,19). The Hall–Kier alpha value is -1.46. The normalized spacial score (nSPS) is 30.9. The van der Waals surface area contributed by atoms with Gasteiger partial charge >= 0.3 is 0 Å². The van der Waals surface area contributed by atoms with E-state index in [1.165, 1.54) is 16.9 Å². The fourth-order valence-corrected chi connectivity index (χ4v) is 5.05. The number of carbonyl (C=O) groups excluding carboxylic acids is 1. The minimum Gasteiger partial charge on any atom is -0.497 e. The van der Waals surface area contributed by atoms with Gasteiger partial charge in [0, 0.05) is 0 Å². The Balaban J connectivity index is 1.58. The first-order chi connectivity index (χ1) is 10.3. The molecule has 21 heavy (non-hydrogen) atoms. The lowest BCUT2D eigenvalue weighted by atomic mass is 9.94. The number of hydrogen-bond acceptors (Lipinski definition) is 4. The summed E-state index contributed by atoms with van der Waals surface area (Å²) < 4.78 is 5.27. The first kappa shape index (κ1) is 13.2. The number of allylic oxidation sites excluding steroid dienone is 1. The first-order valence-corrected chi connectivity index (χ1v) is 8.23. The van der Waals surface area contributed by atoms with E-state index in [4.69, 9.17) is 4.74 Å². The van der Waals surface area contributed by atoms with Gasteiger partial charge in [-0.2, -0.15) is 0 Å². The van der Waals surface area contributed by atoms with Crippen LogP contribution < -0.4 is 15.4 Å². The van der Waals surface area contributed by atoms with Gasteiger partial charge in [0.15, 0.2) is 0 Å². The number of nitrogens with one attached hydrogen (secondary N) is 2. The van der Waals surface area contributed by atoms with Crippen molar-refractivity contribution in [2.45, 2.75) is 30.8 Å². The number of amides is 1. The molecule has 0 saturated carbocycles. The SMILES string of the molecule is COc1cccc(C2NC(=O)C3C4=C(CCC4)SC3N2)c1. The Morgan fingerprint density at radius 1 is 1.33 bits per heavy atom. The van der Waals surface area contributed by atoms with Crippen molar-refractivity contribution >= 4 is 17.7 Å². The maximum Gasteiger partial charge on any atom is 0.231 e. The monoisotopic (exact) mass is 302 g/mol. The van der Waals surface area contributed by atoms with Crippen LogP contribution in [0.15, 0.2) is 34.7 Å². The van der Waals surface area contributed by atoms with Crippen LogP contribution in [0.5, 0.6) is 5.75 Å². The van der Waals surface area contributed by atoms with Crippen LogP contribution in [0.3, 0.4) is 0 Å². The molecular formula is C16H18N2O2S. The van der Waals surface area contributed by atoms with Crippen LogP contribution in [0.2, 0.25) is 0 Å². The highest BCUT2D eigenvalue weighted by atomic mass is 32.2. The van der Waals surface area contributed by atoms with E-state index in [1.807, 2.05) is 36.0 Å². The molecule has 2 N–H and O–H groups in total. The first-order valence-electron chi connectivity index (χ1n) is 7.35. The Labute approximate surface area is 128 Å². The lowest BCUT2D eigenvalue weighted by Crippen LogP contribution is -2.54. The molecule has 1 aromatic carbocycles. The summed E-state index contributed by atoms with van der Waals surface area (Å²) in [5.41, 5.74) is 2.41. The molecule has 0 spiro atoms. The van der Waals surface area contributed by atoms with Crippen LogP contribution in [0.25, 0.3) is 0 Å². The number of fused-ring (bicyclic) bond motifs is 2. The predicted octanol–water partition coefficient (Wildman–Crippen LogP) is 2.54. The second-order valence-electron chi connectivity index (χ2n) is 5.70. The van der Waals surface area contributed by atoms with Crippen LogP contribution in [0.4, 0.5) is 0 Å². The quantitative estimate of drug-likeness (QED) is 0.881. The fourth-order valence-electron chi connectivity index (χ4n) is 3.47. The van der Waals surface area contributed by atoms with Crippen LogP contribution in [0.1, 0.15) is 31.0 Å². The molecule has 1 amide bonds. The minimum absolute atomic E-state index is 0.0226. The van der Waals surface area contributed by atoms with Crippen LogP contribution >= 0.6 is 11.8 Å². The van der Waals surface area contributed by atoms with Crippen LogP contribution in [-0.4, -0.2) is 18.4 Å². The second kappa shape index (κ2) is 5.07. The second-order valence-corrected chi connectivity index (χ2v) is 6.94. The molecule has 4 rings (SSSR count). The van der Waals surface area contributed by atoms with Gasteiger partial charge in [-0.3, -0.25) is 10.1 Å². The van der Waals surface area contributed by atoms with E-state index in [1.54, 1.807) is 7.11 Å². The van der Waals surface area contributed by atoms with Gasteiger partial charge < -0.3 is 10.1 Å². The molecule has 3 atom stereocenters. The van der Waals surface area contributed by atoms with Gasteiger partial charge in [0.05, 0.1) is 18.4 Å². The summed E-state index contributed by atoms with van der Waals surface area (Å²) in [4.78, 5) is 14.0. The molecule has 110 valence electrons. The molecule has 1 fully saturated rings. The molecular weight excluding hydrogens is 284 g/mol. The van der Waals surface area contributed by atoms with E-state index in [2.05, 4.69) is 10.6 Å². The number of rotatable bonds is 2. The van der Waals surface area contributed by atoms with Crippen molar-refractivity contribution in [2.24, 2.45) is 5.92 Å². The maximum atomic E-state index is 12.5. The number of ether oxygens (including phenoxy) is 1. The van der Waals surface area contributed by atoms with Crippen molar-refractivity contribution in [1.82, 2.24) is 10.6 Å². The number of thioether (sulfide) groups is 1. The van der Waals surface area contributed by atoms with Crippen LogP contribution in [-0.2, 0) is 4.79 Å². The van der Waals surface area contributed by atoms with Crippen molar-refractivity contribution in [3.8, 4) is 5.75 Å². The molecule has 0 radical (unpaired) electrons. The zero-order chi connectivity index (χ0) is 14.4. The van der Waals surface area contributed by atoms with Crippen molar-refractivity contribution in [2.75, 3.05) is 7.11 Å². The number of hydrogen-bond donors (Lipinski definition) is 2. The smallest absolute Gasteiger partial charge is 0.231 e. The summed E-state index contributed by atoms with van der Waals surface area (Å²) in [6, 6.07) is 7.85. The molecule has 1 aromatic rings. The molecule has 2 aliphatic heterocycles. The summed E-state index contributed by atoms with van der Waals surface area (Å²) in [5.74, 6) is 0.991. The molecule has 1 aliphatic carbocycles. The zero-order valence-corrected chi connectivity index (χ0v) is 12.7. The van der Waals surface area contributed by atoms with Crippen molar-refractivity contribution < 1.29 is 9.53 Å². The summed E-state index contributed by atoms with van der Waals surface area (Å²) in [7, 11) is 1.66. The van der Waals surface area contributed by atoms with Crippen molar-refractivity contribution in [3.05, 3.63) is 40.3 Å². The van der Waals surface area contributed by atoms with Crippen molar-refractivity contribution in [1.29, 1.82) is 0 Å². The number of carbonyl (C=O) groups is 1. The highest BCUT2D eigenvalue weighted by Crippen LogP contribution is 2.50. The lowest BCUT2D eigenvalue weighted by molar-refractivity contribution is -0.127. The van der Waals surface area contributed by atoms with Gasteiger partial charge in [0.1, 0.15) is 11.9 Å². The molecule has 0 aromatic heterocycles. The number of methoxy groups -OCH3 is 1. The Morgan fingerprint density at radius 3 is 3.10 bits per heavy atom. The highest BCUT2D eigenvalue weighted by molar-refractivity contribution is 8.04. The molecule has 5 heteroatoms. The van der Waals surface area contributed by atoms with Gasteiger partial charge in [0.2, 0.25) is 5.91 Å². The van der Waals surface area contributed by atoms with Gasteiger partial charge in [-0.1, -0.05) is 12.1 Å². The fraction of sp³-hybridized carbons (Fsp3) is 0.438. The zero-order valence-electron chi connectivity index (χ0n) is 11.9. The largest absolute Gasteiger partial charge is 0.497 e. The predicted molar refractivity (Wildman–Crippen MR) is 82.8 cm³/mol. The molecule has 0 bridgehead atoms.